The quantitative estimate of drug-likeness (QED) is 0.244. The lowest BCUT2D eigenvalue weighted by molar-refractivity contribution is -0.152. The molecule has 0 aromatic heterocycles. The number of hydrogen-bond acceptors (Lipinski definition) is 6. The van der Waals surface area contributed by atoms with Gasteiger partial charge in [-0.25, -0.2) is 4.99 Å². The molecule has 1 aliphatic heterocycles. The number of nitrogens with two attached hydrogens (primary N) is 1. The van der Waals surface area contributed by atoms with Crippen LogP contribution in [0.3, 0.4) is 0 Å². The highest BCUT2D eigenvalue weighted by Gasteiger charge is 2.41. The Morgan fingerprint density at radius 3 is 2.04 bits per heavy atom. The van der Waals surface area contributed by atoms with E-state index in [1.165, 1.54) is 13.0 Å². The number of alkyl halides is 6. The molecular weight excluding hydrogens is 612 g/mol. The number of fused-ring (bicyclic) bond motifs is 1. The second kappa shape index (κ2) is 14.5. The van der Waals surface area contributed by atoms with E-state index in [1.807, 2.05) is 0 Å². The highest BCUT2D eigenvalue weighted by Crippen LogP contribution is 2.33. The Morgan fingerprint density at radius 1 is 0.933 bits per heavy atom. The lowest BCUT2D eigenvalue weighted by Gasteiger charge is -2.29. The number of aliphatic carboxylic acids is 1. The normalized spacial score (nSPS) is 17.4. The van der Waals surface area contributed by atoms with E-state index < -0.39 is 92.4 Å². The van der Waals surface area contributed by atoms with Crippen molar-refractivity contribution in [2.45, 2.75) is 57.2 Å². The summed E-state index contributed by atoms with van der Waals surface area (Å²) in [7, 11) is 0. The standard InChI is InChI=1S/C29H31F6N5O5/c1-16(27(44)45)37-15-40-21-10-6-5-9-20(21)22(17-7-3-2-4-8-17)38-24(26(40)43)39-25(42)19(12-14-29(33,34)35)18(23(36)41)11-13-28(30,31)32/h2-10,16,18-19,24,37H,11-15H2,1H3,(H2,36,41)(H,39,42)(H,44,45)/t16-,18-,19+,24+/m0/s1. The number of benzodiazepines with no additional fused rings is 1. The summed E-state index contributed by atoms with van der Waals surface area (Å²) in [4.78, 5) is 56.5. The van der Waals surface area contributed by atoms with Gasteiger partial charge in [-0.15, -0.1) is 0 Å². The topological polar surface area (TPSA) is 154 Å². The molecule has 16 heteroatoms. The SMILES string of the molecule is C[C@H](NCN1C(=O)[C@@H](NC(=O)[C@H](CCC(F)(F)F)[C@H](CCC(F)(F)F)C(N)=O)N=C(c2ccccc2)c2ccccc21)C(=O)O. The van der Waals surface area contributed by atoms with E-state index in [1.54, 1.807) is 48.5 Å². The molecule has 0 fully saturated rings. The molecule has 2 aromatic carbocycles. The van der Waals surface area contributed by atoms with E-state index in [4.69, 9.17) is 5.73 Å². The third-order valence-electron chi connectivity index (χ3n) is 7.13. The van der Waals surface area contributed by atoms with Gasteiger partial charge in [0.1, 0.15) is 6.04 Å². The van der Waals surface area contributed by atoms with Gasteiger partial charge < -0.3 is 16.2 Å². The molecule has 0 saturated heterocycles. The minimum Gasteiger partial charge on any atom is -0.480 e. The zero-order chi connectivity index (χ0) is 33.5. The minimum absolute atomic E-state index is 0.175. The van der Waals surface area contributed by atoms with Gasteiger partial charge in [0.05, 0.1) is 18.1 Å². The first kappa shape index (κ1) is 35.0. The molecule has 0 radical (unpaired) electrons. The Kier molecular flexibility index (Phi) is 11.3. The lowest BCUT2D eigenvalue weighted by atomic mass is 9.83. The van der Waals surface area contributed by atoms with Gasteiger partial charge in [0.2, 0.25) is 18.0 Å². The number of hydrogen-bond donors (Lipinski definition) is 4. The fourth-order valence-corrected chi connectivity index (χ4v) is 4.76. The molecule has 244 valence electrons. The molecule has 0 aliphatic carbocycles. The van der Waals surface area contributed by atoms with Crippen molar-refractivity contribution in [3.63, 3.8) is 0 Å². The number of primary amides is 1. The summed E-state index contributed by atoms with van der Waals surface area (Å²) in [5.74, 6) is -8.86. The lowest BCUT2D eigenvalue weighted by Crippen LogP contribution is -2.53. The largest absolute Gasteiger partial charge is 0.480 e. The van der Waals surface area contributed by atoms with E-state index in [-0.39, 0.29) is 11.4 Å². The monoisotopic (exact) mass is 643 g/mol. The second-order valence-corrected chi connectivity index (χ2v) is 10.4. The number of nitrogens with zero attached hydrogens (tertiary/aromatic N) is 2. The average molecular weight is 644 g/mol. The van der Waals surface area contributed by atoms with Crippen LogP contribution >= 0.6 is 0 Å². The van der Waals surface area contributed by atoms with Crippen LogP contribution in [0.4, 0.5) is 32.0 Å². The van der Waals surface area contributed by atoms with Crippen LogP contribution in [-0.4, -0.2) is 65.7 Å². The molecule has 2 aromatic rings. The van der Waals surface area contributed by atoms with Gasteiger partial charge in [0, 0.05) is 35.8 Å². The molecule has 0 unspecified atom stereocenters. The number of carboxylic acid groups (broad SMARTS) is 1. The van der Waals surface area contributed by atoms with E-state index in [0.29, 0.717) is 11.1 Å². The fraction of sp³-hybridized carbons (Fsp3) is 0.414. The van der Waals surface area contributed by atoms with Crippen molar-refractivity contribution < 1.29 is 50.6 Å². The van der Waals surface area contributed by atoms with Gasteiger partial charge in [-0.3, -0.25) is 29.4 Å². The summed E-state index contributed by atoms with van der Waals surface area (Å²) < 4.78 is 78.6. The smallest absolute Gasteiger partial charge is 0.389 e. The molecule has 3 amide bonds. The van der Waals surface area contributed by atoms with E-state index in [2.05, 4.69) is 15.6 Å². The molecule has 5 N–H and O–H groups in total. The maximum atomic E-state index is 13.9. The number of halogens is 6. The maximum absolute atomic E-state index is 13.9. The zero-order valence-corrected chi connectivity index (χ0v) is 23.9. The van der Waals surface area contributed by atoms with Crippen molar-refractivity contribution in [1.29, 1.82) is 0 Å². The molecule has 1 aliphatic rings. The third-order valence-corrected chi connectivity index (χ3v) is 7.13. The van der Waals surface area contributed by atoms with Crippen molar-refractivity contribution in [1.82, 2.24) is 10.6 Å². The number of anilines is 1. The molecule has 45 heavy (non-hydrogen) atoms. The molecule has 10 nitrogen and oxygen atoms in total. The van der Waals surface area contributed by atoms with Crippen LogP contribution < -0.4 is 21.3 Å². The van der Waals surface area contributed by atoms with Gasteiger partial charge >= 0.3 is 18.3 Å². The van der Waals surface area contributed by atoms with Crippen LogP contribution in [0, 0.1) is 11.8 Å². The number of aliphatic imine (C=N–C) groups is 1. The number of amides is 3. The third kappa shape index (κ3) is 9.76. The van der Waals surface area contributed by atoms with E-state index >= 15 is 0 Å². The molecule has 0 saturated carbocycles. The van der Waals surface area contributed by atoms with Gasteiger partial charge in [-0.1, -0.05) is 48.5 Å². The van der Waals surface area contributed by atoms with Crippen LogP contribution in [0.15, 0.2) is 59.6 Å². The van der Waals surface area contributed by atoms with Crippen LogP contribution in [0.5, 0.6) is 0 Å². The van der Waals surface area contributed by atoms with Crippen LogP contribution in [0.25, 0.3) is 0 Å². The first-order valence-corrected chi connectivity index (χ1v) is 13.7. The van der Waals surface area contributed by atoms with E-state index in [0.717, 1.165) is 4.90 Å². The highest BCUT2D eigenvalue weighted by molar-refractivity contribution is 6.20. The predicted molar refractivity (Wildman–Crippen MR) is 150 cm³/mol. The van der Waals surface area contributed by atoms with Crippen molar-refractivity contribution >= 4 is 35.1 Å². The zero-order valence-electron chi connectivity index (χ0n) is 23.9. The van der Waals surface area contributed by atoms with Crippen molar-refractivity contribution in [3.05, 3.63) is 65.7 Å². The Morgan fingerprint density at radius 2 is 1.49 bits per heavy atom. The summed E-state index contributed by atoms with van der Waals surface area (Å²) >= 11 is 0. The maximum Gasteiger partial charge on any atom is 0.389 e. The first-order chi connectivity index (χ1) is 21.0. The molecule has 0 spiro atoms. The summed E-state index contributed by atoms with van der Waals surface area (Å²) in [5, 5.41) is 14.2. The summed E-state index contributed by atoms with van der Waals surface area (Å²) in [6.07, 6.45) is -16.8. The Hall–Kier alpha value is -4.47. The highest BCUT2D eigenvalue weighted by atomic mass is 19.4. The van der Waals surface area contributed by atoms with Gasteiger partial charge in [0.15, 0.2) is 0 Å². The van der Waals surface area contributed by atoms with Crippen LogP contribution in [0.2, 0.25) is 0 Å². The van der Waals surface area contributed by atoms with Crippen molar-refractivity contribution in [2.75, 3.05) is 11.6 Å². The number of carboxylic acids is 1. The molecule has 3 rings (SSSR count). The Bertz CT molecular complexity index is 1420. The van der Waals surface area contributed by atoms with Gasteiger partial charge in [-0.05, 0) is 25.8 Å². The second-order valence-electron chi connectivity index (χ2n) is 10.4. The number of carbonyl (C=O) groups is 4. The fourth-order valence-electron chi connectivity index (χ4n) is 4.76. The minimum atomic E-state index is -4.83. The van der Waals surface area contributed by atoms with E-state index in [9.17, 15) is 50.6 Å². The van der Waals surface area contributed by atoms with Crippen LogP contribution in [-0.2, 0) is 19.2 Å². The number of para-hydroxylation sites is 1. The Labute approximate surface area is 253 Å². The predicted octanol–water partition coefficient (Wildman–Crippen LogP) is 3.74. The average Bonchev–Trinajstić information content (AvgIpc) is 3.06. The summed E-state index contributed by atoms with van der Waals surface area (Å²) in [6, 6.07) is 13.6. The van der Waals surface area contributed by atoms with Crippen molar-refractivity contribution in [2.24, 2.45) is 22.6 Å². The summed E-state index contributed by atoms with van der Waals surface area (Å²) in [6.45, 7) is 0.915. The molecule has 1 heterocycles. The molecule has 0 bridgehead atoms. The number of benzene rings is 2. The first-order valence-electron chi connectivity index (χ1n) is 13.7. The molecule has 4 atom stereocenters. The van der Waals surface area contributed by atoms with Gasteiger partial charge in [-0.2, -0.15) is 26.3 Å². The molecular formula is C29H31F6N5O5. The van der Waals surface area contributed by atoms with Crippen LogP contribution in [0.1, 0.15) is 43.7 Å². The Balaban J connectivity index is 2.08. The summed E-state index contributed by atoms with van der Waals surface area (Å²) in [5.41, 5.74) is 6.55. The number of rotatable bonds is 13. The number of nitrogens with one attached hydrogen (secondary N) is 2. The number of carbonyl (C=O) groups excluding carboxylic acids is 3. The van der Waals surface area contributed by atoms with Crippen molar-refractivity contribution in [3.8, 4) is 0 Å². The van der Waals surface area contributed by atoms with Gasteiger partial charge in [0.25, 0.3) is 5.91 Å².